The van der Waals surface area contributed by atoms with Crippen molar-refractivity contribution in [3.8, 4) is 0 Å². The molecule has 0 radical (unpaired) electrons. The van der Waals surface area contributed by atoms with Crippen LogP contribution in [0.5, 0.6) is 0 Å². The SMILES string of the molecule is CCCn1cc(C2C(N)CC(=O)N2CCOC)cn1. The van der Waals surface area contributed by atoms with Crippen molar-refractivity contribution in [2.24, 2.45) is 5.73 Å². The number of hydrogen-bond donors (Lipinski definition) is 1. The average Bonchev–Trinajstić information content (AvgIpc) is 2.92. The van der Waals surface area contributed by atoms with E-state index in [0.717, 1.165) is 18.5 Å². The first-order valence-corrected chi connectivity index (χ1v) is 6.73. The lowest BCUT2D eigenvalue weighted by atomic mass is 10.0. The maximum Gasteiger partial charge on any atom is 0.224 e. The number of ether oxygens (including phenoxy) is 1. The zero-order valence-electron chi connectivity index (χ0n) is 11.6. The molecule has 0 saturated carbocycles. The zero-order chi connectivity index (χ0) is 13.8. The van der Waals surface area contributed by atoms with E-state index >= 15 is 0 Å². The van der Waals surface area contributed by atoms with Crippen LogP contribution in [-0.4, -0.2) is 46.9 Å². The Kier molecular flexibility index (Phi) is 4.55. The summed E-state index contributed by atoms with van der Waals surface area (Å²) < 4.78 is 6.96. The Hall–Kier alpha value is -1.40. The lowest BCUT2D eigenvalue weighted by molar-refractivity contribution is -0.129. The van der Waals surface area contributed by atoms with Gasteiger partial charge in [-0.05, 0) is 6.42 Å². The van der Waals surface area contributed by atoms with Gasteiger partial charge in [-0.3, -0.25) is 9.48 Å². The Morgan fingerprint density at radius 2 is 2.32 bits per heavy atom. The Bertz CT molecular complexity index is 432. The number of hydrogen-bond acceptors (Lipinski definition) is 4. The molecular weight excluding hydrogens is 244 g/mol. The van der Waals surface area contributed by atoms with Gasteiger partial charge in [0.2, 0.25) is 5.91 Å². The largest absolute Gasteiger partial charge is 0.383 e. The fourth-order valence-corrected chi connectivity index (χ4v) is 2.58. The van der Waals surface area contributed by atoms with Crippen LogP contribution in [0.15, 0.2) is 12.4 Å². The van der Waals surface area contributed by atoms with E-state index in [9.17, 15) is 4.79 Å². The molecule has 2 rings (SSSR count). The topological polar surface area (TPSA) is 73.4 Å². The van der Waals surface area contributed by atoms with Gasteiger partial charge in [0.25, 0.3) is 0 Å². The third-order valence-electron chi connectivity index (χ3n) is 3.46. The lowest BCUT2D eigenvalue weighted by Crippen LogP contribution is -2.35. The van der Waals surface area contributed by atoms with Crippen molar-refractivity contribution >= 4 is 5.91 Å². The number of amides is 1. The highest BCUT2D eigenvalue weighted by atomic mass is 16.5. The predicted molar refractivity (Wildman–Crippen MR) is 71.4 cm³/mol. The van der Waals surface area contributed by atoms with Crippen molar-refractivity contribution in [1.82, 2.24) is 14.7 Å². The standard InChI is InChI=1S/C13H22N4O2/c1-3-4-16-9-10(8-15-16)13-11(14)7-12(18)17(13)5-6-19-2/h8-9,11,13H,3-7,14H2,1-2H3. The summed E-state index contributed by atoms with van der Waals surface area (Å²) in [7, 11) is 1.63. The number of methoxy groups -OCH3 is 1. The van der Waals surface area contributed by atoms with Gasteiger partial charge in [-0.1, -0.05) is 6.92 Å². The van der Waals surface area contributed by atoms with Gasteiger partial charge < -0.3 is 15.4 Å². The molecule has 1 aromatic rings. The molecule has 6 heteroatoms. The van der Waals surface area contributed by atoms with Crippen LogP contribution >= 0.6 is 0 Å². The first kappa shape index (κ1) is 14.0. The highest BCUT2D eigenvalue weighted by molar-refractivity contribution is 5.80. The first-order valence-electron chi connectivity index (χ1n) is 6.73. The van der Waals surface area contributed by atoms with Crippen LogP contribution in [0.2, 0.25) is 0 Å². The van der Waals surface area contributed by atoms with Crippen LogP contribution in [0, 0.1) is 0 Å². The molecule has 2 unspecified atom stereocenters. The van der Waals surface area contributed by atoms with Crippen molar-refractivity contribution in [2.45, 2.75) is 38.4 Å². The van der Waals surface area contributed by atoms with Crippen LogP contribution in [-0.2, 0) is 16.1 Å². The van der Waals surface area contributed by atoms with E-state index in [2.05, 4.69) is 12.0 Å². The Labute approximate surface area is 113 Å². The number of carbonyl (C=O) groups excluding carboxylic acids is 1. The fraction of sp³-hybridized carbons (Fsp3) is 0.692. The molecule has 1 saturated heterocycles. The smallest absolute Gasteiger partial charge is 0.224 e. The highest BCUT2D eigenvalue weighted by Crippen LogP contribution is 2.31. The van der Waals surface area contributed by atoms with E-state index in [1.807, 2.05) is 22.0 Å². The molecule has 1 aliphatic rings. The third-order valence-corrected chi connectivity index (χ3v) is 3.46. The van der Waals surface area contributed by atoms with Gasteiger partial charge in [-0.25, -0.2) is 0 Å². The summed E-state index contributed by atoms with van der Waals surface area (Å²) in [5.74, 6) is 0.0952. The van der Waals surface area contributed by atoms with Crippen LogP contribution in [0.1, 0.15) is 31.4 Å². The molecule has 106 valence electrons. The first-order chi connectivity index (χ1) is 9.17. The quantitative estimate of drug-likeness (QED) is 0.815. The van der Waals surface area contributed by atoms with E-state index < -0.39 is 0 Å². The third kappa shape index (κ3) is 2.96. The number of nitrogens with two attached hydrogens (primary N) is 1. The molecule has 0 spiro atoms. The van der Waals surface area contributed by atoms with Gasteiger partial charge in [-0.15, -0.1) is 0 Å². The average molecular weight is 266 g/mol. The van der Waals surface area contributed by atoms with E-state index in [1.165, 1.54) is 0 Å². The maximum absolute atomic E-state index is 12.0. The molecule has 19 heavy (non-hydrogen) atoms. The molecule has 2 heterocycles. The fourth-order valence-electron chi connectivity index (χ4n) is 2.58. The number of nitrogens with zero attached hydrogens (tertiary/aromatic N) is 3. The predicted octanol–water partition coefficient (Wildman–Crippen LogP) is 0.540. The normalized spacial score (nSPS) is 23.3. The van der Waals surface area contributed by atoms with Crippen molar-refractivity contribution in [3.05, 3.63) is 18.0 Å². The Balaban J connectivity index is 2.15. The number of likely N-dealkylation sites (tertiary alicyclic amines) is 1. The summed E-state index contributed by atoms with van der Waals surface area (Å²) in [5, 5.41) is 4.32. The van der Waals surface area contributed by atoms with Crippen molar-refractivity contribution in [1.29, 1.82) is 0 Å². The van der Waals surface area contributed by atoms with Gasteiger partial charge in [0, 0.05) is 44.4 Å². The molecular formula is C13H22N4O2. The van der Waals surface area contributed by atoms with Gasteiger partial charge in [0.15, 0.2) is 0 Å². The van der Waals surface area contributed by atoms with E-state index in [0.29, 0.717) is 19.6 Å². The number of aromatic nitrogens is 2. The van der Waals surface area contributed by atoms with Gasteiger partial charge in [-0.2, -0.15) is 5.10 Å². The number of carbonyl (C=O) groups is 1. The van der Waals surface area contributed by atoms with Crippen LogP contribution < -0.4 is 5.73 Å². The van der Waals surface area contributed by atoms with Crippen LogP contribution in [0.4, 0.5) is 0 Å². The molecule has 6 nitrogen and oxygen atoms in total. The molecule has 2 atom stereocenters. The second-order valence-electron chi connectivity index (χ2n) is 4.93. The van der Waals surface area contributed by atoms with Gasteiger partial charge >= 0.3 is 0 Å². The molecule has 0 aliphatic carbocycles. The molecule has 1 aromatic heterocycles. The molecule has 1 fully saturated rings. The minimum atomic E-state index is -0.163. The minimum absolute atomic E-state index is 0.0757. The minimum Gasteiger partial charge on any atom is -0.383 e. The van der Waals surface area contributed by atoms with Gasteiger partial charge in [0.05, 0.1) is 18.8 Å². The van der Waals surface area contributed by atoms with Crippen LogP contribution in [0.25, 0.3) is 0 Å². The van der Waals surface area contributed by atoms with E-state index in [-0.39, 0.29) is 18.0 Å². The Morgan fingerprint density at radius 3 is 3.00 bits per heavy atom. The van der Waals surface area contributed by atoms with Crippen molar-refractivity contribution in [3.63, 3.8) is 0 Å². The molecule has 0 aromatic carbocycles. The summed E-state index contributed by atoms with van der Waals surface area (Å²) in [6, 6.07) is -0.239. The number of rotatable bonds is 6. The molecule has 2 N–H and O–H groups in total. The highest BCUT2D eigenvalue weighted by Gasteiger charge is 2.38. The summed E-state index contributed by atoms with van der Waals surface area (Å²) in [5.41, 5.74) is 7.12. The number of aryl methyl sites for hydroxylation is 1. The monoisotopic (exact) mass is 266 g/mol. The van der Waals surface area contributed by atoms with E-state index in [4.69, 9.17) is 10.5 Å². The second kappa shape index (κ2) is 6.16. The Morgan fingerprint density at radius 1 is 1.53 bits per heavy atom. The summed E-state index contributed by atoms with van der Waals surface area (Å²) in [6.07, 6.45) is 5.24. The maximum atomic E-state index is 12.0. The molecule has 1 aliphatic heterocycles. The second-order valence-corrected chi connectivity index (χ2v) is 4.93. The summed E-state index contributed by atoms with van der Waals surface area (Å²) >= 11 is 0. The zero-order valence-corrected chi connectivity index (χ0v) is 11.6. The molecule has 0 bridgehead atoms. The van der Waals surface area contributed by atoms with Gasteiger partial charge in [0.1, 0.15) is 0 Å². The van der Waals surface area contributed by atoms with Crippen molar-refractivity contribution in [2.75, 3.05) is 20.3 Å². The molecule has 1 amide bonds. The summed E-state index contributed by atoms with van der Waals surface area (Å²) in [6.45, 7) is 4.09. The van der Waals surface area contributed by atoms with E-state index in [1.54, 1.807) is 7.11 Å². The van der Waals surface area contributed by atoms with Crippen LogP contribution in [0.3, 0.4) is 0 Å². The summed E-state index contributed by atoms with van der Waals surface area (Å²) in [4.78, 5) is 13.8. The lowest BCUT2D eigenvalue weighted by Gasteiger charge is -2.25. The van der Waals surface area contributed by atoms with Crippen molar-refractivity contribution < 1.29 is 9.53 Å².